The topological polar surface area (TPSA) is 29.1 Å². The van der Waals surface area contributed by atoms with Crippen LogP contribution in [0.2, 0.25) is 0 Å². The van der Waals surface area contributed by atoms with Gasteiger partial charge in [-0.05, 0) is 12.1 Å². The number of hydrogen-bond donors (Lipinski definition) is 1. The Balaban J connectivity index is 2.86. The van der Waals surface area contributed by atoms with Gasteiger partial charge < -0.3 is 4.72 Å². The molecule has 0 heterocycles. The van der Waals surface area contributed by atoms with Crippen molar-refractivity contribution < 1.29 is 8.60 Å². The molecule has 11 heavy (non-hydrogen) atoms. The first kappa shape index (κ1) is 8.20. The van der Waals surface area contributed by atoms with E-state index < -0.39 is 11.0 Å². The number of para-hydroxylation sites is 1. The molecule has 0 aliphatic carbocycles. The van der Waals surface area contributed by atoms with Gasteiger partial charge in [0.2, 0.25) is 0 Å². The maximum absolute atomic E-state index is 12.8. The predicted molar refractivity (Wildman–Crippen MR) is 44.1 cm³/mol. The quantitative estimate of drug-likeness (QED) is 0.722. The van der Waals surface area contributed by atoms with Crippen LogP contribution >= 0.6 is 0 Å². The summed E-state index contributed by atoms with van der Waals surface area (Å²) in [6.07, 6.45) is 1.45. The summed E-state index contributed by atoms with van der Waals surface area (Å²) < 4.78 is 25.8. The number of hydrogen-bond acceptors (Lipinski definition) is 1. The normalized spacial score (nSPS) is 12.5. The van der Waals surface area contributed by atoms with E-state index in [0.29, 0.717) is 0 Å². The second-order valence-electron chi connectivity index (χ2n) is 2.04. The van der Waals surface area contributed by atoms with Crippen molar-refractivity contribution in [1.82, 2.24) is 0 Å². The molecule has 0 bridgehead atoms. The van der Waals surface area contributed by atoms with Gasteiger partial charge in [0.05, 0.1) is 5.69 Å². The van der Waals surface area contributed by atoms with Crippen LogP contribution in [0.5, 0.6) is 0 Å². The molecule has 1 atom stereocenters. The summed E-state index contributed by atoms with van der Waals surface area (Å²) in [5.74, 6) is -0.386. The summed E-state index contributed by atoms with van der Waals surface area (Å²) in [5.41, 5.74) is 0.272. The molecule has 1 rings (SSSR count). The van der Waals surface area contributed by atoms with Crippen molar-refractivity contribution in [3.63, 3.8) is 0 Å². The van der Waals surface area contributed by atoms with Crippen LogP contribution in [0.4, 0.5) is 10.1 Å². The summed E-state index contributed by atoms with van der Waals surface area (Å²) in [4.78, 5) is 0. The van der Waals surface area contributed by atoms with Crippen molar-refractivity contribution in [1.29, 1.82) is 0 Å². The Morgan fingerprint density at radius 3 is 2.64 bits per heavy atom. The summed E-state index contributed by atoms with van der Waals surface area (Å²) in [5, 5.41) is 0. The van der Waals surface area contributed by atoms with Crippen LogP contribution in [0.15, 0.2) is 24.3 Å². The smallest absolute Gasteiger partial charge is 0.147 e. The Hall–Kier alpha value is -0.900. The van der Waals surface area contributed by atoms with Crippen molar-refractivity contribution >= 4 is 16.7 Å². The Labute approximate surface area is 67.0 Å². The van der Waals surface area contributed by atoms with E-state index in [-0.39, 0.29) is 11.5 Å². The van der Waals surface area contributed by atoms with E-state index in [0.717, 1.165) is 0 Å². The molecule has 0 aromatic heterocycles. The van der Waals surface area contributed by atoms with E-state index in [2.05, 4.69) is 4.72 Å². The van der Waals surface area contributed by atoms with Crippen molar-refractivity contribution in [2.45, 2.75) is 0 Å². The van der Waals surface area contributed by atoms with E-state index >= 15 is 0 Å². The van der Waals surface area contributed by atoms with Gasteiger partial charge in [-0.15, -0.1) is 0 Å². The first-order valence-corrected chi connectivity index (χ1v) is 4.60. The lowest BCUT2D eigenvalue weighted by Gasteiger charge is -2.01. The summed E-state index contributed by atoms with van der Waals surface area (Å²) in [6, 6.07) is 6.11. The largest absolute Gasteiger partial charge is 0.303 e. The fraction of sp³-hybridized carbons (Fsp3) is 0.143. The Morgan fingerprint density at radius 2 is 2.09 bits per heavy atom. The lowest BCUT2D eigenvalue weighted by Crippen LogP contribution is -2.02. The lowest BCUT2D eigenvalue weighted by atomic mass is 10.3. The highest BCUT2D eigenvalue weighted by molar-refractivity contribution is 7.85. The van der Waals surface area contributed by atoms with Gasteiger partial charge in [-0.25, -0.2) is 8.60 Å². The van der Waals surface area contributed by atoms with Crippen molar-refractivity contribution in [3.8, 4) is 0 Å². The summed E-state index contributed by atoms with van der Waals surface area (Å²) >= 11 is 0. The average Bonchev–Trinajstić information content (AvgIpc) is 1.93. The van der Waals surface area contributed by atoms with Gasteiger partial charge >= 0.3 is 0 Å². The molecule has 1 aromatic carbocycles. The van der Waals surface area contributed by atoms with Crippen molar-refractivity contribution in [2.75, 3.05) is 11.0 Å². The molecular formula is C7H8FNOS. The number of nitrogens with one attached hydrogen (secondary N) is 1. The van der Waals surface area contributed by atoms with Gasteiger partial charge in [0.1, 0.15) is 16.8 Å². The van der Waals surface area contributed by atoms with Crippen LogP contribution in [-0.4, -0.2) is 10.5 Å². The Bertz CT molecular complexity index is 277. The van der Waals surface area contributed by atoms with Crippen LogP contribution in [0.1, 0.15) is 0 Å². The van der Waals surface area contributed by atoms with Crippen LogP contribution in [-0.2, 0) is 11.0 Å². The Morgan fingerprint density at radius 1 is 1.45 bits per heavy atom. The predicted octanol–water partition coefficient (Wildman–Crippen LogP) is 1.53. The standard InChI is InChI=1S/C7H8FNOS/c1-11(10)9-7-5-3-2-4-6(7)8/h2-5,9H,1H3. The van der Waals surface area contributed by atoms with Gasteiger partial charge in [0.25, 0.3) is 0 Å². The second kappa shape index (κ2) is 3.48. The molecule has 0 radical (unpaired) electrons. The zero-order chi connectivity index (χ0) is 8.27. The highest BCUT2D eigenvalue weighted by Gasteiger charge is 1.99. The molecule has 0 amide bonds. The lowest BCUT2D eigenvalue weighted by molar-refractivity contribution is 0.632. The van der Waals surface area contributed by atoms with Crippen molar-refractivity contribution in [3.05, 3.63) is 30.1 Å². The minimum absolute atomic E-state index is 0.272. The van der Waals surface area contributed by atoms with E-state index in [9.17, 15) is 8.60 Å². The SMILES string of the molecule is CS(=O)Nc1ccccc1F. The van der Waals surface area contributed by atoms with E-state index in [1.807, 2.05) is 0 Å². The molecule has 0 fully saturated rings. The molecule has 60 valence electrons. The molecular weight excluding hydrogens is 165 g/mol. The molecule has 0 aliphatic heterocycles. The van der Waals surface area contributed by atoms with Gasteiger partial charge in [0.15, 0.2) is 0 Å². The summed E-state index contributed by atoms with van der Waals surface area (Å²) in [7, 11) is -1.22. The molecule has 0 saturated heterocycles. The average molecular weight is 173 g/mol. The number of rotatable bonds is 2. The fourth-order valence-electron chi connectivity index (χ4n) is 0.699. The first-order chi connectivity index (χ1) is 5.20. The maximum Gasteiger partial charge on any atom is 0.147 e. The molecule has 0 saturated carbocycles. The zero-order valence-corrected chi connectivity index (χ0v) is 6.82. The molecule has 0 spiro atoms. The summed E-state index contributed by atoms with van der Waals surface area (Å²) in [6.45, 7) is 0. The van der Waals surface area contributed by atoms with Crippen LogP contribution in [0.3, 0.4) is 0 Å². The third-order valence-corrected chi connectivity index (χ3v) is 1.63. The molecule has 2 nitrogen and oxygen atoms in total. The molecule has 1 aromatic rings. The van der Waals surface area contributed by atoms with Gasteiger partial charge in [-0.1, -0.05) is 12.1 Å². The van der Waals surface area contributed by atoms with Crippen LogP contribution < -0.4 is 4.72 Å². The molecule has 0 aliphatic rings. The van der Waals surface area contributed by atoms with Crippen molar-refractivity contribution in [2.24, 2.45) is 0 Å². The van der Waals surface area contributed by atoms with Gasteiger partial charge in [0, 0.05) is 6.26 Å². The van der Waals surface area contributed by atoms with Gasteiger partial charge in [-0.3, -0.25) is 0 Å². The first-order valence-electron chi connectivity index (χ1n) is 3.05. The highest BCUT2D eigenvalue weighted by atomic mass is 32.2. The minimum atomic E-state index is -1.22. The Kier molecular flexibility index (Phi) is 2.59. The van der Waals surface area contributed by atoms with E-state index in [1.54, 1.807) is 12.1 Å². The second-order valence-corrected chi connectivity index (χ2v) is 3.15. The van der Waals surface area contributed by atoms with Gasteiger partial charge in [-0.2, -0.15) is 0 Å². The molecule has 1 N–H and O–H groups in total. The maximum atomic E-state index is 12.8. The fourth-order valence-corrected chi connectivity index (χ4v) is 1.17. The minimum Gasteiger partial charge on any atom is -0.303 e. The highest BCUT2D eigenvalue weighted by Crippen LogP contribution is 2.11. The zero-order valence-electron chi connectivity index (χ0n) is 6.00. The number of benzene rings is 1. The van der Waals surface area contributed by atoms with Crippen LogP contribution in [0.25, 0.3) is 0 Å². The monoisotopic (exact) mass is 173 g/mol. The van der Waals surface area contributed by atoms with Crippen LogP contribution in [0, 0.1) is 5.82 Å². The number of halogens is 1. The van der Waals surface area contributed by atoms with E-state index in [1.165, 1.54) is 18.4 Å². The molecule has 4 heteroatoms. The third kappa shape index (κ3) is 2.31. The van der Waals surface area contributed by atoms with E-state index in [4.69, 9.17) is 0 Å². The molecule has 1 unspecified atom stereocenters. The number of anilines is 1. The third-order valence-electron chi connectivity index (χ3n) is 1.13.